The van der Waals surface area contributed by atoms with E-state index in [2.05, 4.69) is 15.3 Å². The number of aromatic nitrogens is 2. The van der Waals surface area contributed by atoms with Crippen molar-refractivity contribution in [2.75, 3.05) is 11.1 Å². The number of hydrogen-bond donors (Lipinski definition) is 1. The predicted molar refractivity (Wildman–Crippen MR) is 84.1 cm³/mol. The number of benzene rings is 1. The molecule has 130 valence electrons. The SMILES string of the molecule is CCCS(=O)(=O)c1cccc(Nc2ncc(C(F)(F)F)c(Cl)n2)c1. The van der Waals surface area contributed by atoms with Gasteiger partial charge in [-0.05, 0) is 24.6 Å². The smallest absolute Gasteiger partial charge is 0.324 e. The molecule has 0 amide bonds. The van der Waals surface area contributed by atoms with E-state index in [9.17, 15) is 21.6 Å². The van der Waals surface area contributed by atoms with Crippen molar-refractivity contribution in [3.05, 3.63) is 41.2 Å². The average Bonchev–Trinajstić information content (AvgIpc) is 2.46. The fourth-order valence-corrected chi connectivity index (χ4v) is 3.50. The van der Waals surface area contributed by atoms with Crippen molar-refractivity contribution in [2.24, 2.45) is 0 Å². The number of hydrogen-bond acceptors (Lipinski definition) is 5. The lowest BCUT2D eigenvalue weighted by molar-refractivity contribution is -0.137. The second-order valence-electron chi connectivity index (χ2n) is 4.87. The number of nitrogens with zero attached hydrogens (tertiary/aromatic N) is 2. The molecule has 1 aromatic carbocycles. The number of halogens is 4. The van der Waals surface area contributed by atoms with Crippen molar-refractivity contribution < 1.29 is 21.6 Å². The molecule has 0 fully saturated rings. The molecule has 24 heavy (non-hydrogen) atoms. The van der Waals surface area contributed by atoms with Crippen molar-refractivity contribution in [1.82, 2.24) is 9.97 Å². The minimum Gasteiger partial charge on any atom is -0.324 e. The lowest BCUT2D eigenvalue weighted by atomic mass is 10.3. The minimum absolute atomic E-state index is 0.000931. The number of anilines is 2. The minimum atomic E-state index is -4.65. The van der Waals surface area contributed by atoms with Gasteiger partial charge in [-0.15, -0.1) is 0 Å². The molecule has 0 bridgehead atoms. The van der Waals surface area contributed by atoms with Crippen molar-refractivity contribution in [3.63, 3.8) is 0 Å². The van der Waals surface area contributed by atoms with Crippen LogP contribution >= 0.6 is 11.6 Å². The molecule has 5 nitrogen and oxygen atoms in total. The Bertz CT molecular complexity index is 841. The zero-order chi connectivity index (χ0) is 18.0. The lowest BCUT2D eigenvalue weighted by Crippen LogP contribution is -2.09. The third-order valence-corrected chi connectivity index (χ3v) is 5.18. The summed E-state index contributed by atoms with van der Waals surface area (Å²) in [6.45, 7) is 1.75. The van der Waals surface area contributed by atoms with Crippen LogP contribution in [0.15, 0.2) is 35.4 Å². The molecule has 10 heteroatoms. The van der Waals surface area contributed by atoms with E-state index < -0.39 is 26.7 Å². The van der Waals surface area contributed by atoms with E-state index in [1.807, 2.05) is 0 Å². The fraction of sp³-hybridized carbons (Fsp3) is 0.286. The molecule has 0 atom stereocenters. The van der Waals surface area contributed by atoms with Crippen LogP contribution in [0.1, 0.15) is 18.9 Å². The molecule has 0 spiro atoms. The molecule has 0 aliphatic heterocycles. The first-order valence-corrected chi connectivity index (χ1v) is 8.86. The Morgan fingerprint density at radius 2 is 2.00 bits per heavy atom. The van der Waals surface area contributed by atoms with E-state index >= 15 is 0 Å². The first-order valence-electron chi connectivity index (χ1n) is 6.83. The van der Waals surface area contributed by atoms with Gasteiger partial charge in [0.25, 0.3) is 0 Å². The molecule has 0 saturated carbocycles. The predicted octanol–water partition coefficient (Wildman–Crippen LogP) is 4.08. The van der Waals surface area contributed by atoms with E-state index in [1.165, 1.54) is 18.2 Å². The standard InChI is InChI=1S/C14H13ClF3N3O2S/c1-2-6-24(22,23)10-5-3-4-9(7-10)20-13-19-8-11(12(15)21-13)14(16,17)18/h3-5,7-8H,2,6H2,1H3,(H,19,20,21). The highest BCUT2D eigenvalue weighted by atomic mass is 35.5. The topological polar surface area (TPSA) is 72.0 Å². The summed E-state index contributed by atoms with van der Waals surface area (Å²) in [6.07, 6.45) is -3.61. The lowest BCUT2D eigenvalue weighted by Gasteiger charge is -2.10. The maximum Gasteiger partial charge on any atom is 0.420 e. The summed E-state index contributed by atoms with van der Waals surface area (Å²) in [5.41, 5.74) is -0.822. The van der Waals surface area contributed by atoms with Crippen LogP contribution in [0.4, 0.5) is 24.8 Å². The third-order valence-electron chi connectivity index (χ3n) is 2.97. The van der Waals surface area contributed by atoms with Crippen molar-refractivity contribution >= 4 is 33.1 Å². The second-order valence-corrected chi connectivity index (χ2v) is 7.33. The highest BCUT2D eigenvalue weighted by Crippen LogP contribution is 2.33. The third kappa shape index (κ3) is 4.35. The van der Waals surface area contributed by atoms with Crippen molar-refractivity contribution in [2.45, 2.75) is 24.4 Å². The van der Waals surface area contributed by atoms with Gasteiger partial charge in [0.15, 0.2) is 9.84 Å². The van der Waals surface area contributed by atoms with Gasteiger partial charge in [0.2, 0.25) is 5.95 Å². The Labute approximate surface area is 141 Å². The van der Waals surface area contributed by atoms with Crippen LogP contribution in [0, 0.1) is 0 Å². The van der Waals surface area contributed by atoms with Crippen molar-refractivity contribution in [3.8, 4) is 0 Å². The molecule has 1 aromatic heterocycles. The van der Waals surface area contributed by atoms with Crippen LogP contribution in [0.5, 0.6) is 0 Å². The number of sulfone groups is 1. The van der Waals surface area contributed by atoms with Crippen LogP contribution in [-0.2, 0) is 16.0 Å². The van der Waals surface area contributed by atoms with Gasteiger partial charge in [-0.2, -0.15) is 13.2 Å². The summed E-state index contributed by atoms with van der Waals surface area (Å²) in [6, 6.07) is 5.85. The van der Waals surface area contributed by atoms with Gasteiger partial charge in [0, 0.05) is 11.9 Å². The Kier molecular flexibility index (Phi) is 5.34. The molecule has 0 radical (unpaired) electrons. The number of alkyl halides is 3. The summed E-state index contributed by atoms with van der Waals surface area (Å²) in [4.78, 5) is 7.19. The summed E-state index contributed by atoms with van der Waals surface area (Å²) >= 11 is 5.52. The molecule has 0 unspecified atom stereocenters. The Hall–Kier alpha value is -1.87. The molecule has 0 aliphatic carbocycles. The van der Waals surface area contributed by atoms with E-state index in [1.54, 1.807) is 13.0 Å². The van der Waals surface area contributed by atoms with Gasteiger partial charge in [0.05, 0.1) is 10.6 Å². The highest BCUT2D eigenvalue weighted by molar-refractivity contribution is 7.91. The average molecular weight is 380 g/mol. The van der Waals surface area contributed by atoms with E-state index in [0.717, 1.165) is 0 Å². The van der Waals surface area contributed by atoms with Gasteiger partial charge >= 0.3 is 6.18 Å². The first kappa shape index (κ1) is 18.5. The molecule has 1 N–H and O–H groups in total. The van der Waals surface area contributed by atoms with Crippen LogP contribution in [-0.4, -0.2) is 24.1 Å². The number of nitrogens with one attached hydrogen (secondary N) is 1. The molecule has 0 saturated heterocycles. The maximum absolute atomic E-state index is 12.6. The normalized spacial score (nSPS) is 12.2. The van der Waals surface area contributed by atoms with Gasteiger partial charge in [-0.1, -0.05) is 24.6 Å². The van der Waals surface area contributed by atoms with Gasteiger partial charge in [-0.25, -0.2) is 18.4 Å². The Balaban J connectivity index is 2.28. The Morgan fingerprint density at radius 1 is 1.29 bits per heavy atom. The van der Waals surface area contributed by atoms with Gasteiger partial charge in [-0.3, -0.25) is 0 Å². The molecular formula is C14H13ClF3N3O2S. The molecule has 2 rings (SSSR count). The molecule has 2 aromatic rings. The van der Waals surface area contributed by atoms with Crippen LogP contribution < -0.4 is 5.32 Å². The van der Waals surface area contributed by atoms with Crippen LogP contribution in [0.25, 0.3) is 0 Å². The quantitative estimate of drug-likeness (QED) is 0.792. The van der Waals surface area contributed by atoms with E-state index in [0.29, 0.717) is 18.3 Å². The fourth-order valence-electron chi connectivity index (χ4n) is 1.89. The van der Waals surface area contributed by atoms with E-state index in [-0.39, 0.29) is 16.6 Å². The number of rotatable bonds is 5. The zero-order valence-electron chi connectivity index (χ0n) is 12.4. The molecular weight excluding hydrogens is 367 g/mol. The zero-order valence-corrected chi connectivity index (χ0v) is 14.0. The largest absolute Gasteiger partial charge is 0.420 e. The van der Waals surface area contributed by atoms with Crippen molar-refractivity contribution in [1.29, 1.82) is 0 Å². The Morgan fingerprint density at radius 3 is 2.58 bits per heavy atom. The van der Waals surface area contributed by atoms with E-state index in [4.69, 9.17) is 11.6 Å². The summed E-state index contributed by atoms with van der Waals surface area (Å²) in [5.74, 6) is -0.169. The van der Waals surface area contributed by atoms with Gasteiger partial charge < -0.3 is 5.32 Å². The summed E-state index contributed by atoms with van der Waals surface area (Å²) in [5, 5.41) is 1.90. The monoisotopic (exact) mass is 379 g/mol. The molecule has 0 aliphatic rings. The summed E-state index contributed by atoms with van der Waals surface area (Å²) < 4.78 is 61.9. The maximum atomic E-state index is 12.6. The molecule has 1 heterocycles. The summed E-state index contributed by atoms with van der Waals surface area (Å²) in [7, 11) is -3.42. The van der Waals surface area contributed by atoms with Gasteiger partial charge in [0.1, 0.15) is 10.7 Å². The second kappa shape index (κ2) is 6.94. The van der Waals surface area contributed by atoms with Crippen LogP contribution in [0.2, 0.25) is 5.15 Å². The van der Waals surface area contributed by atoms with Crippen LogP contribution in [0.3, 0.4) is 0 Å². The highest BCUT2D eigenvalue weighted by Gasteiger charge is 2.34. The first-order chi connectivity index (χ1) is 11.1.